The van der Waals surface area contributed by atoms with Crippen molar-refractivity contribution in [3.8, 4) is 0 Å². The molecule has 2 aromatic rings. The molecule has 0 unspecified atom stereocenters. The molecule has 0 aromatic heterocycles. The van der Waals surface area contributed by atoms with Gasteiger partial charge in [0, 0.05) is 21.1 Å². The maximum absolute atomic E-state index is 4.66. The Labute approximate surface area is 122 Å². The first-order valence-electron chi connectivity index (χ1n) is 5.59. The van der Waals surface area contributed by atoms with E-state index in [0.29, 0.717) is 0 Å². The quantitative estimate of drug-likeness (QED) is 0.796. The predicted molar refractivity (Wildman–Crippen MR) is 81.3 cm³/mol. The average Bonchev–Trinajstić information content (AvgIpc) is 2.39. The number of amidine groups is 1. The van der Waals surface area contributed by atoms with Gasteiger partial charge in [0.15, 0.2) is 0 Å². The van der Waals surface area contributed by atoms with Gasteiger partial charge in [0.25, 0.3) is 0 Å². The van der Waals surface area contributed by atoms with E-state index in [1.54, 1.807) is 0 Å². The van der Waals surface area contributed by atoms with Gasteiger partial charge in [0.05, 0.1) is 5.69 Å². The second-order valence-corrected chi connectivity index (χ2v) is 5.93. The summed E-state index contributed by atoms with van der Waals surface area (Å²) < 4.78 is 2.16. The summed E-state index contributed by atoms with van der Waals surface area (Å²) in [6.07, 6.45) is 0. The van der Waals surface area contributed by atoms with Crippen molar-refractivity contribution >= 4 is 43.4 Å². The van der Waals surface area contributed by atoms with E-state index in [1.807, 2.05) is 24.3 Å². The second kappa shape index (κ2) is 4.86. The lowest BCUT2D eigenvalue weighted by molar-refractivity contribution is 0.892. The third-order valence-electron chi connectivity index (χ3n) is 2.84. The highest BCUT2D eigenvalue weighted by Crippen LogP contribution is 2.27. The van der Waals surface area contributed by atoms with E-state index in [1.165, 1.54) is 5.56 Å². The molecule has 1 N–H and O–H groups in total. The molecule has 2 aromatic carbocycles. The lowest BCUT2D eigenvalue weighted by Gasteiger charge is -2.18. The molecule has 0 atom stereocenters. The van der Waals surface area contributed by atoms with Crippen molar-refractivity contribution in [2.24, 2.45) is 4.99 Å². The zero-order valence-electron chi connectivity index (χ0n) is 9.45. The Morgan fingerprint density at radius 1 is 0.944 bits per heavy atom. The summed E-state index contributed by atoms with van der Waals surface area (Å²) in [5.74, 6) is 0.928. The largest absolute Gasteiger partial charge is 0.365 e. The van der Waals surface area contributed by atoms with Crippen molar-refractivity contribution < 1.29 is 0 Å². The minimum Gasteiger partial charge on any atom is -0.365 e. The van der Waals surface area contributed by atoms with Crippen molar-refractivity contribution in [3.05, 3.63) is 62.5 Å². The number of hydrogen-bond acceptors (Lipinski definition) is 2. The molecule has 0 radical (unpaired) electrons. The monoisotopic (exact) mass is 364 g/mol. The number of hydrogen-bond donors (Lipinski definition) is 1. The lowest BCUT2D eigenvalue weighted by atomic mass is 10.1. The van der Waals surface area contributed by atoms with Gasteiger partial charge >= 0.3 is 0 Å². The van der Waals surface area contributed by atoms with Crippen LogP contribution in [0.1, 0.15) is 11.1 Å². The van der Waals surface area contributed by atoms with E-state index >= 15 is 0 Å². The molecule has 4 heteroatoms. The van der Waals surface area contributed by atoms with Crippen LogP contribution in [0.25, 0.3) is 0 Å². The van der Waals surface area contributed by atoms with E-state index < -0.39 is 0 Å². The lowest BCUT2D eigenvalue weighted by Crippen LogP contribution is -2.26. The first-order valence-corrected chi connectivity index (χ1v) is 7.18. The molecule has 2 nitrogen and oxygen atoms in total. The minimum absolute atomic E-state index is 0.809. The van der Waals surface area contributed by atoms with Crippen LogP contribution in [0, 0.1) is 0 Å². The first kappa shape index (κ1) is 11.9. The Morgan fingerprint density at radius 2 is 1.67 bits per heavy atom. The van der Waals surface area contributed by atoms with E-state index in [4.69, 9.17) is 0 Å². The molecule has 0 spiro atoms. The number of aliphatic imine (C=N–C) groups is 1. The molecule has 18 heavy (non-hydrogen) atoms. The Morgan fingerprint density at radius 3 is 2.44 bits per heavy atom. The van der Waals surface area contributed by atoms with Crippen LogP contribution in [0.2, 0.25) is 0 Å². The number of rotatable bonds is 1. The van der Waals surface area contributed by atoms with Crippen LogP contribution in [-0.2, 0) is 6.54 Å². The number of nitrogens with zero attached hydrogens (tertiary/aromatic N) is 1. The number of nitrogens with one attached hydrogen (secondary N) is 1. The third kappa shape index (κ3) is 2.35. The normalized spacial score (nSPS) is 13.6. The molecular formula is C14H10Br2N2. The van der Waals surface area contributed by atoms with Gasteiger partial charge in [-0.1, -0.05) is 44.0 Å². The average molecular weight is 366 g/mol. The molecule has 1 aliphatic heterocycles. The van der Waals surface area contributed by atoms with Gasteiger partial charge in [-0.15, -0.1) is 0 Å². The molecule has 0 fully saturated rings. The Kier molecular flexibility index (Phi) is 3.22. The van der Waals surface area contributed by atoms with Crippen LogP contribution >= 0.6 is 31.9 Å². The maximum atomic E-state index is 4.66. The summed E-state index contributed by atoms with van der Waals surface area (Å²) in [6, 6.07) is 14.3. The summed E-state index contributed by atoms with van der Waals surface area (Å²) in [6.45, 7) is 0.809. The molecule has 0 aliphatic carbocycles. The summed E-state index contributed by atoms with van der Waals surface area (Å²) in [5.41, 5.74) is 3.35. The molecule has 0 bridgehead atoms. The summed E-state index contributed by atoms with van der Waals surface area (Å²) >= 11 is 6.91. The van der Waals surface area contributed by atoms with Crippen LogP contribution < -0.4 is 5.32 Å². The zero-order chi connectivity index (χ0) is 12.5. The molecule has 1 aliphatic rings. The van der Waals surface area contributed by atoms with Crippen molar-refractivity contribution in [1.29, 1.82) is 0 Å². The van der Waals surface area contributed by atoms with Crippen molar-refractivity contribution in [2.75, 3.05) is 0 Å². The van der Waals surface area contributed by atoms with Crippen LogP contribution in [-0.4, -0.2) is 5.84 Å². The molecular weight excluding hydrogens is 356 g/mol. The van der Waals surface area contributed by atoms with Gasteiger partial charge in [-0.2, -0.15) is 0 Å². The topological polar surface area (TPSA) is 24.4 Å². The third-order valence-corrected chi connectivity index (χ3v) is 3.86. The molecule has 90 valence electrons. The molecule has 0 saturated heterocycles. The van der Waals surface area contributed by atoms with Gasteiger partial charge < -0.3 is 5.32 Å². The smallest absolute Gasteiger partial charge is 0.134 e. The fraction of sp³-hybridized carbons (Fsp3) is 0.0714. The van der Waals surface area contributed by atoms with Crippen LogP contribution in [0.5, 0.6) is 0 Å². The molecule has 0 amide bonds. The molecule has 3 rings (SSSR count). The Bertz CT molecular complexity index is 618. The fourth-order valence-electron chi connectivity index (χ4n) is 1.92. The van der Waals surface area contributed by atoms with Crippen molar-refractivity contribution in [3.63, 3.8) is 0 Å². The summed E-state index contributed by atoms with van der Waals surface area (Å²) in [5, 5.41) is 3.35. The highest BCUT2D eigenvalue weighted by Gasteiger charge is 2.12. The van der Waals surface area contributed by atoms with Gasteiger partial charge in [-0.25, -0.2) is 4.99 Å². The molecule has 1 heterocycles. The van der Waals surface area contributed by atoms with Crippen LogP contribution in [0.4, 0.5) is 5.69 Å². The summed E-state index contributed by atoms with van der Waals surface area (Å²) in [4.78, 5) is 4.66. The van der Waals surface area contributed by atoms with Gasteiger partial charge in [0.2, 0.25) is 0 Å². The van der Waals surface area contributed by atoms with Crippen LogP contribution in [0.15, 0.2) is 56.4 Å². The van der Waals surface area contributed by atoms with E-state index in [-0.39, 0.29) is 0 Å². The Hall–Kier alpha value is -1.13. The number of halogens is 2. The number of fused-ring (bicyclic) bond motifs is 1. The van der Waals surface area contributed by atoms with Crippen LogP contribution in [0.3, 0.4) is 0 Å². The fourth-order valence-corrected chi connectivity index (χ4v) is 2.59. The first-order chi connectivity index (χ1) is 8.72. The van der Waals surface area contributed by atoms with Gasteiger partial charge in [-0.3, -0.25) is 0 Å². The van der Waals surface area contributed by atoms with E-state index in [2.05, 4.69) is 60.4 Å². The van der Waals surface area contributed by atoms with Gasteiger partial charge in [-0.05, 0) is 35.9 Å². The number of benzene rings is 2. The zero-order valence-corrected chi connectivity index (χ0v) is 12.6. The highest BCUT2D eigenvalue weighted by atomic mass is 79.9. The molecule has 0 saturated carbocycles. The maximum Gasteiger partial charge on any atom is 0.134 e. The van der Waals surface area contributed by atoms with Gasteiger partial charge in [0.1, 0.15) is 5.84 Å². The standard InChI is InChI=1S/C14H10Br2N2/c15-11-3-1-9(2-4-11)14-17-8-10-7-12(16)5-6-13(10)18-14/h1-7H,8H2,(H,17,18). The highest BCUT2D eigenvalue weighted by molar-refractivity contribution is 9.10. The van der Waals surface area contributed by atoms with Crippen molar-refractivity contribution in [2.45, 2.75) is 6.54 Å². The second-order valence-electron chi connectivity index (χ2n) is 4.09. The van der Waals surface area contributed by atoms with E-state index in [0.717, 1.165) is 32.6 Å². The Balaban J connectivity index is 2.00. The van der Waals surface area contributed by atoms with E-state index in [9.17, 15) is 0 Å². The van der Waals surface area contributed by atoms with Crippen molar-refractivity contribution in [1.82, 2.24) is 5.32 Å². The predicted octanol–water partition coefficient (Wildman–Crippen LogP) is 4.39. The SMILES string of the molecule is Brc1ccc(C2=Nc3ccc(Br)cc3CN2)cc1. The minimum atomic E-state index is 0.809. The summed E-state index contributed by atoms with van der Waals surface area (Å²) in [7, 11) is 0.